The molecule has 0 aliphatic rings. The summed E-state index contributed by atoms with van der Waals surface area (Å²) in [6.45, 7) is 6.13. The smallest absolute Gasteiger partial charge is 0.185 e. The molecular weight excluding hydrogens is 208 g/mol. The summed E-state index contributed by atoms with van der Waals surface area (Å²) in [5.41, 5.74) is 0.769. The number of thiazole rings is 1. The molecule has 1 aromatic heterocycles. The molecule has 2 atom stereocenters. The van der Waals surface area contributed by atoms with Crippen molar-refractivity contribution in [2.75, 3.05) is 11.9 Å². The molecule has 15 heavy (non-hydrogen) atoms. The van der Waals surface area contributed by atoms with Crippen LogP contribution in [0.3, 0.4) is 0 Å². The van der Waals surface area contributed by atoms with E-state index in [2.05, 4.69) is 30.8 Å². The van der Waals surface area contributed by atoms with E-state index in [0.29, 0.717) is 6.04 Å². The number of anilines is 1. The number of nitrogens with zero attached hydrogens (tertiary/aromatic N) is 2. The van der Waals surface area contributed by atoms with Gasteiger partial charge in [0.1, 0.15) is 0 Å². The minimum absolute atomic E-state index is 0.468. The highest BCUT2D eigenvalue weighted by molar-refractivity contribution is 7.13. The lowest BCUT2D eigenvalue weighted by molar-refractivity contribution is 0.195. The van der Waals surface area contributed by atoms with Gasteiger partial charge in [-0.3, -0.25) is 0 Å². The van der Waals surface area contributed by atoms with Gasteiger partial charge in [0.15, 0.2) is 5.13 Å². The summed E-state index contributed by atoms with van der Waals surface area (Å²) in [5, 5.41) is 12.3. The van der Waals surface area contributed by atoms with Crippen LogP contribution in [0, 0.1) is 0 Å². The summed E-state index contributed by atoms with van der Waals surface area (Å²) in [5.74, 6) is 0. The molecule has 0 aliphatic carbocycles. The first-order valence-corrected chi connectivity index (χ1v) is 6.30. The number of rotatable bonds is 5. The molecule has 0 spiro atoms. The number of aromatic nitrogens is 1. The van der Waals surface area contributed by atoms with Crippen LogP contribution in [0.1, 0.15) is 45.4 Å². The van der Waals surface area contributed by atoms with E-state index in [0.717, 1.165) is 10.8 Å². The average molecular weight is 228 g/mol. The van der Waals surface area contributed by atoms with Crippen LogP contribution in [-0.2, 0) is 0 Å². The zero-order chi connectivity index (χ0) is 11.4. The highest BCUT2D eigenvalue weighted by atomic mass is 32.1. The maximum atomic E-state index is 9.39. The number of hydrogen-bond acceptors (Lipinski definition) is 4. The van der Waals surface area contributed by atoms with Gasteiger partial charge in [-0.05, 0) is 20.3 Å². The second-order valence-corrected chi connectivity index (χ2v) is 4.82. The molecule has 0 saturated carbocycles. The minimum atomic E-state index is -0.468. The lowest BCUT2D eigenvalue weighted by Crippen LogP contribution is -2.28. The van der Waals surface area contributed by atoms with Crippen molar-refractivity contribution in [3.8, 4) is 0 Å². The minimum Gasteiger partial charge on any atom is -0.387 e. The standard InChI is InChI=1S/C11H20N2OS/c1-5-6-8(2)13(4)11-12-10(7-15-11)9(3)14/h7-9,14H,5-6H2,1-4H3. The summed E-state index contributed by atoms with van der Waals surface area (Å²) in [4.78, 5) is 6.59. The van der Waals surface area contributed by atoms with E-state index < -0.39 is 6.10 Å². The number of hydrogen-bond donors (Lipinski definition) is 1. The molecule has 0 amide bonds. The Morgan fingerprint density at radius 1 is 1.53 bits per heavy atom. The molecule has 0 radical (unpaired) electrons. The topological polar surface area (TPSA) is 36.4 Å². The lowest BCUT2D eigenvalue weighted by atomic mass is 10.2. The highest BCUT2D eigenvalue weighted by Gasteiger charge is 2.14. The van der Waals surface area contributed by atoms with Crippen LogP contribution in [0.2, 0.25) is 0 Å². The highest BCUT2D eigenvalue weighted by Crippen LogP contribution is 2.25. The predicted octanol–water partition coefficient (Wildman–Crippen LogP) is 2.82. The molecule has 86 valence electrons. The third-order valence-corrected chi connectivity index (χ3v) is 3.56. The van der Waals surface area contributed by atoms with Gasteiger partial charge in [0, 0.05) is 18.5 Å². The van der Waals surface area contributed by atoms with Crippen molar-refractivity contribution in [1.82, 2.24) is 4.98 Å². The maximum Gasteiger partial charge on any atom is 0.185 e. The van der Waals surface area contributed by atoms with Crippen molar-refractivity contribution in [2.24, 2.45) is 0 Å². The van der Waals surface area contributed by atoms with Gasteiger partial charge in [-0.15, -0.1) is 11.3 Å². The van der Waals surface area contributed by atoms with Crippen molar-refractivity contribution in [3.63, 3.8) is 0 Å². The van der Waals surface area contributed by atoms with Crippen molar-refractivity contribution in [2.45, 2.75) is 45.8 Å². The van der Waals surface area contributed by atoms with Gasteiger partial charge in [-0.2, -0.15) is 0 Å². The van der Waals surface area contributed by atoms with Crippen LogP contribution < -0.4 is 4.90 Å². The molecule has 0 fully saturated rings. The summed E-state index contributed by atoms with van der Waals surface area (Å²) < 4.78 is 0. The largest absolute Gasteiger partial charge is 0.387 e. The Balaban J connectivity index is 2.69. The Kier molecular flexibility index (Phi) is 4.54. The zero-order valence-electron chi connectivity index (χ0n) is 9.90. The normalized spacial score (nSPS) is 15.0. The Bertz CT molecular complexity index is 299. The SMILES string of the molecule is CCCC(C)N(C)c1nc(C(C)O)cs1. The molecule has 0 saturated heterocycles. The first-order valence-electron chi connectivity index (χ1n) is 5.42. The van der Waals surface area contributed by atoms with E-state index in [1.165, 1.54) is 12.8 Å². The predicted molar refractivity (Wildman–Crippen MR) is 65.5 cm³/mol. The third-order valence-electron chi connectivity index (χ3n) is 2.61. The van der Waals surface area contributed by atoms with E-state index >= 15 is 0 Å². The first-order chi connectivity index (χ1) is 7.06. The third kappa shape index (κ3) is 3.18. The Morgan fingerprint density at radius 2 is 2.20 bits per heavy atom. The fourth-order valence-corrected chi connectivity index (χ4v) is 2.41. The van der Waals surface area contributed by atoms with Crippen LogP contribution in [-0.4, -0.2) is 23.2 Å². The van der Waals surface area contributed by atoms with Crippen LogP contribution in [0.25, 0.3) is 0 Å². The van der Waals surface area contributed by atoms with Crippen molar-refractivity contribution >= 4 is 16.5 Å². The average Bonchev–Trinajstić information content (AvgIpc) is 2.65. The van der Waals surface area contributed by atoms with Crippen molar-refractivity contribution < 1.29 is 5.11 Å². The second-order valence-electron chi connectivity index (χ2n) is 3.98. The zero-order valence-corrected chi connectivity index (χ0v) is 10.7. The van der Waals surface area contributed by atoms with Crippen LogP contribution in [0.4, 0.5) is 5.13 Å². The van der Waals surface area contributed by atoms with E-state index in [9.17, 15) is 5.11 Å². The summed E-state index contributed by atoms with van der Waals surface area (Å²) in [6, 6.07) is 0.503. The molecule has 1 N–H and O–H groups in total. The molecule has 1 heterocycles. The van der Waals surface area contributed by atoms with Gasteiger partial charge in [0.2, 0.25) is 0 Å². The molecule has 3 nitrogen and oxygen atoms in total. The summed E-state index contributed by atoms with van der Waals surface area (Å²) in [6.07, 6.45) is 1.88. The van der Waals surface area contributed by atoms with Crippen molar-refractivity contribution in [3.05, 3.63) is 11.1 Å². The number of aliphatic hydroxyl groups is 1. The molecule has 0 bridgehead atoms. The Morgan fingerprint density at radius 3 is 2.67 bits per heavy atom. The fraction of sp³-hybridized carbons (Fsp3) is 0.727. The summed E-state index contributed by atoms with van der Waals surface area (Å²) >= 11 is 1.59. The van der Waals surface area contributed by atoms with Gasteiger partial charge in [0.05, 0.1) is 11.8 Å². The maximum absolute atomic E-state index is 9.39. The van der Waals surface area contributed by atoms with Crippen molar-refractivity contribution in [1.29, 1.82) is 0 Å². The number of aliphatic hydroxyl groups excluding tert-OH is 1. The second kappa shape index (κ2) is 5.47. The van der Waals surface area contributed by atoms with Crippen LogP contribution >= 0.6 is 11.3 Å². The summed E-state index contributed by atoms with van der Waals surface area (Å²) in [7, 11) is 2.06. The first kappa shape index (κ1) is 12.5. The molecule has 2 unspecified atom stereocenters. The van der Waals surface area contributed by atoms with Gasteiger partial charge in [-0.25, -0.2) is 4.98 Å². The Hall–Kier alpha value is -0.610. The molecule has 1 rings (SSSR count). The van der Waals surface area contributed by atoms with E-state index in [1.54, 1.807) is 18.3 Å². The molecular formula is C11H20N2OS. The Labute approximate surface area is 95.8 Å². The van der Waals surface area contributed by atoms with Crippen LogP contribution in [0.5, 0.6) is 0 Å². The van der Waals surface area contributed by atoms with Gasteiger partial charge < -0.3 is 10.0 Å². The quantitative estimate of drug-likeness (QED) is 0.842. The molecule has 4 heteroatoms. The fourth-order valence-electron chi connectivity index (χ4n) is 1.43. The van der Waals surface area contributed by atoms with Crippen LogP contribution in [0.15, 0.2) is 5.38 Å². The monoisotopic (exact) mass is 228 g/mol. The molecule has 0 aromatic carbocycles. The lowest BCUT2D eigenvalue weighted by Gasteiger charge is -2.23. The van der Waals surface area contributed by atoms with E-state index in [4.69, 9.17) is 0 Å². The van der Waals surface area contributed by atoms with Gasteiger partial charge >= 0.3 is 0 Å². The van der Waals surface area contributed by atoms with Gasteiger partial charge in [0.25, 0.3) is 0 Å². The molecule has 1 aromatic rings. The van der Waals surface area contributed by atoms with E-state index in [-0.39, 0.29) is 0 Å². The van der Waals surface area contributed by atoms with Gasteiger partial charge in [-0.1, -0.05) is 13.3 Å². The van der Waals surface area contributed by atoms with E-state index in [1.807, 2.05) is 5.38 Å². The molecule has 0 aliphatic heterocycles.